The third kappa shape index (κ3) is 5.34. The zero-order chi connectivity index (χ0) is 22.4. The quantitative estimate of drug-likeness (QED) is 0.436. The second-order valence-corrected chi connectivity index (χ2v) is 7.60. The third-order valence-electron chi connectivity index (χ3n) is 5.12. The van der Waals surface area contributed by atoms with Crippen molar-refractivity contribution in [1.29, 1.82) is 0 Å². The van der Waals surface area contributed by atoms with Gasteiger partial charge in [-0.1, -0.05) is 62.7 Å². The van der Waals surface area contributed by atoms with Gasteiger partial charge in [0, 0.05) is 19.3 Å². The predicted octanol–water partition coefficient (Wildman–Crippen LogP) is 5.93. The molecule has 0 unspecified atom stereocenters. The van der Waals surface area contributed by atoms with E-state index in [9.17, 15) is 18.7 Å². The highest BCUT2D eigenvalue weighted by atomic mass is 19.3. The van der Waals surface area contributed by atoms with Crippen LogP contribution in [-0.2, 0) is 18.9 Å². The molecule has 0 spiro atoms. The molecule has 0 saturated heterocycles. The Morgan fingerprint density at radius 2 is 1.77 bits per heavy atom. The molecule has 1 aromatic heterocycles. The molecule has 0 amide bonds. The van der Waals surface area contributed by atoms with E-state index in [0.29, 0.717) is 24.2 Å². The Morgan fingerprint density at radius 3 is 2.42 bits per heavy atom. The van der Waals surface area contributed by atoms with Gasteiger partial charge in [-0.25, -0.2) is 9.78 Å². The summed E-state index contributed by atoms with van der Waals surface area (Å²) in [5, 5.41) is 13.5. The largest absolute Gasteiger partial charge is 0.478 e. The SMILES string of the molecule is CCCCc1nc(Cc2ccc(-c3ccccc3C(=O)O)cc2)n(C(F)(F)CCC)n1. The van der Waals surface area contributed by atoms with Crippen LogP contribution in [0.5, 0.6) is 0 Å². The number of benzene rings is 2. The van der Waals surface area contributed by atoms with E-state index in [1.165, 1.54) is 0 Å². The lowest BCUT2D eigenvalue weighted by Crippen LogP contribution is -2.26. The van der Waals surface area contributed by atoms with Crippen LogP contribution in [0.2, 0.25) is 0 Å². The van der Waals surface area contributed by atoms with Crippen molar-refractivity contribution in [3.8, 4) is 11.1 Å². The van der Waals surface area contributed by atoms with Gasteiger partial charge in [0.25, 0.3) is 0 Å². The molecule has 0 atom stereocenters. The lowest BCUT2D eigenvalue weighted by atomic mass is 9.98. The normalized spacial score (nSPS) is 11.6. The van der Waals surface area contributed by atoms with Gasteiger partial charge in [0.2, 0.25) is 0 Å². The Kier molecular flexibility index (Phi) is 7.15. The molecule has 1 heterocycles. The van der Waals surface area contributed by atoms with Crippen molar-refractivity contribution in [3.63, 3.8) is 0 Å². The summed E-state index contributed by atoms with van der Waals surface area (Å²) in [4.78, 5) is 15.9. The molecule has 0 saturated carbocycles. The Labute approximate surface area is 180 Å². The average molecular weight is 427 g/mol. The number of carboxylic acid groups (broad SMARTS) is 1. The van der Waals surface area contributed by atoms with Crippen LogP contribution in [0.25, 0.3) is 11.1 Å². The molecule has 2 aromatic carbocycles. The van der Waals surface area contributed by atoms with Crippen LogP contribution in [0.3, 0.4) is 0 Å². The Balaban J connectivity index is 1.89. The van der Waals surface area contributed by atoms with Gasteiger partial charge >= 0.3 is 12.0 Å². The first-order chi connectivity index (χ1) is 14.9. The summed E-state index contributed by atoms with van der Waals surface area (Å²) in [6, 6.07) is 10.9. The fraction of sp³-hybridized carbons (Fsp3) is 0.375. The molecule has 0 bridgehead atoms. The second-order valence-electron chi connectivity index (χ2n) is 7.60. The van der Waals surface area contributed by atoms with Crippen LogP contribution in [0.1, 0.15) is 67.1 Å². The molecular weight excluding hydrogens is 400 g/mol. The Morgan fingerprint density at radius 1 is 1.06 bits per heavy atom. The van der Waals surface area contributed by atoms with Crippen molar-refractivity contribution in [2.24, 2.45) is 0 Å². The maximum absolute atomic E-state index is 14.7. The summed E-state index contributed by atoms with van der Waals surface area (Å²) in [6.45, 7) is 3.75. The summed E-state index contributed by atoms with van der Waals surface area (Å²) < 4.78 is 30.1. The minimum absolute atomic E-state index is 0.217. The molecule has 31 heavy (non-hydrogen) atoms. The molecule has 0 aliphatic heterocycles. The van der Waals surface area contributed by atoms with Crippen LogP contribution in [0, 0.1) is 0 Å². The van der Waals surface area contributed by atoms with Gasteiger partial charge in [0.15, 0.2) is 5.82 Å². The first-order valence-corrected chi connectivity index (χ1v) is 10.6. The standard InChI is InChI=1S/C24H27F2N3O2/c1-3-5-10-21-27-22(29(28-21)24(25,26)15-4-2)16-17-11-13-18(14-12-17)19-8-6-7-9-20(19)23(30)31/h6-9,11-14H,3-5,10,15-16H2,1-2H3,(H,30,31). The molecule has 0 aliphatic carbocycles. The van der Waals surface area contributed by atoms with Crippen LogP contribution >= 0.6 is 0 Å². The second kappa shape index (κ2) is 9.81. The van der Waals surface area contributed by atoms with E-state index in [0.717, 1.165) is 28.7 Å². The van der Waals surface area contributed by atoms with Crippen LogP contribution < -0.4 is 0 Å². The number of aromatic nitrogens is 3. The highest BCUT2D eigenvalue weighted by Gasteiger charge is 2.34. The Bertz CT molecular complexity index is 1030. The number of carboxylic acids is 1. The number of halogens is 2. The van der Waals surface area contributed by atoms with Crippen molar-refractivity contribution >= 4 is 5.97 Å². The monoisotopic (exact) mass is 427 g/mol. The number of alkyl halides is 2. The fourth-order valence-corrected chi connectivity index (χ4v) is 3.52. The highest BCUT2D eigenvalue weighted by Crippen LogP contribution is 2.29. The zero-order valence-corrected chi connectivity index (χ0v) is 17.8. The molecule has 3 rings (SSSR count). The van der Waals surface area contributed by atoms with Crippen molar-refractivity contribution in [2.45, 2.75) is 58.4 Å². The summed E-state index contributed by atoms with van der Waals surface area (Å²) in [7, 11) is 0. The molecule has 0 fully saturated rings. The van der Waals surface area contributed by atoms with Gasteiger partial charge in [0.05, 0.1) is 5.56 Å². The first-order valence-electron chi connectivity index (χ1n) is 10.6. The zero-order valence-electron chi connectivity index (χ0n) is 17.8. The van der Waals surface area contributed by atoms with Gasteiger partial charge in [-0.15, -0.1) is 0 Å². The molecular formula is C24H27F2N3O2. The van der Waals surface area contributed by atoms with Crippen molar-refractivity contribution in [2.75, 3.05) is 0 Å². The summed E-state index contributed by atoms with van der Waals surface area (Å²) in [5.41, 5.74) is 2.39. The van der Waals surface area contributed by atoms with E-state index in [1.807, 2.05) is 19.1 Å². The maximum atomic E-state index is 14.7. The average Bonchev–Trinajstić information content (AvgIpc) is 3.16. The van der Waals surface area contributed by atoms with E-state index in [1.54, 1.807) is 43.3 Å². The van der Waals surface area contributed by atoms with Crippen molar-refractivity contribution in [1.82, 2.24) is 14.8 Å². The highest BCUT2D eigenvalue weighted by molar-refractivity contribution is 5.95. The fourth-order valence-electron chi connectivity index (χ4n) is 3.52. The lowest BCUT2D eigenvalue weighted by molar-refractivity contribution is -0.102. The number of hydrogen-bond acceptors (Lipinski definition) is 3. The van der Waals surface area contributed by atoms with Crippen LogP contribution in [0.4, 0.5) is 8.78 Å². The number of aromatic carboxylic acids is 1. The van der Waals surface area contributed by atoms with Gasteiger partial charge in [0.1, 0.15) is 5.82 Å². The van der Waals surface area contributed by atoms with Gasteiger partial charge in [-0.05, 0) is 35.6 Å². The van der Waals surface area contributed by atoms with Crippen molar-refractivity contribution < 1.29 is 18.7 Å². The predicted molar refractivity (Wildman–Crippen MR) is 115 cm³/mol. The number of unbranched alkanes of at least 4 members (excludes halogenated alkanes) is 1. The lowest BCUT2D eigenvalue weighted by Gasteiger charge is -2.17. The third-order valence-corrected chi connectivity index (χ3v) is 5.12. The van der Waals surface area contributed by atoms with Gasteiger partial charge in [-0.2, -0.15) is 18.6 Å². The number of carbonyl (C=O) groups is 1. The van der Waals surface area contributed by atoms with E-state index >= 15 is 0 Å². The summed E-state index contributed by atoms with van der Waals surface area (Å²) >= 11 is 0. The smallest absolute Gasteiger partial charge is 0.345 e. The molecule has 0 radical (unpaired) electrons. The number of aryl methyl sites for hydroxylation is 1. The number of rotatable bonds is 10. The van der Waals surface area contributed by atoms with Crippen LogP contribution in [0.15, 0.2) is 48.5 Å². The maximum Gasteiger partial charge on any atom is 0.345 e. The van der Waals surface area contributed by atoms with Crippen molar-refractivity contribution in [3.05, 3.63) is 71.3 Å². The van der Waals surface area contributed by atoms with Gasteiger partial charge < -0.3 is 5.11 Å². The topological polar surface area (TPSA) is 68.0 Å². The molecule has 0 aliphatic rings. The molecule has 3 aromatic rings. The van der Waals surface area contributed by atoms with E-state index in [2.05, 4.69) is 10.1 Å². The summed E-state index contributed by atoms with van der Waals surface area (Å²) in [5.74, 6) is -0.312. The van der Waals surface area contributed by atoms with E-state index in [4.69, 9.17) is 0 Å². The minimum atomic E-state index is -3.08. The van der Waals surface area contributed by atoms with E-state index < -0.39 is 12.0 Å². The summed E-state index contributed by atoms with van der Waals surface area (Å²) in [6.07, 6.45) is 2.63. The first kappa shape index (κ1) is 22.6. The van der Waals surface area contributed by atoms with Crippen LogP contribution in [-0.4, -0.2) is 25.8 Å². The molecule has 164 valence electrons. The minimum Gasteiger partial charge on any atom is -0.478 e. The molecule has 7 heteroatoms. The number of hydrogen-bond donors (Lipinski definition) is 1. The number of nitrogens with zero attached hydrogens (tertiary/aromatic N) is 3. The van der Waals surface area contributed by atoms with E-state index in [-0.39, 0.29) is 24.2 Å². The molecule has 1 N–H and O–H groups in total. The Hall–Kier alpha value is -3.09. The van der Waals surface area contributed by atoms with Gasteiger partial charge in [-0.3, -0.25) is 0 Å². The molecule has 5 nitrogen and oxygen atoms in total.